The lowest BCUT2D eigenvalue weighted by Crippen LogP contribution is -1.62. The second kappa shape index (κ2) is 10.6. The molecule has 0 N–H and O–H groups in total. The van der Waals surface area contributed by atoms with Gasteiger partial charge in [-0.15, -0.1) is 6.58 Å². The molecule has 0 bridgehead atoms. The van der Waals surface area contributed by atoms with Crippen molar-refractivity contribution in [3.63, 3.8) is 0 Å². The van der Waals surface area contributed by atoms with E-state index in [4.69, 9.17) is 0 Å². The predicted octanol–water partition coefficient (Wildman–Crippen LogP) is 3.32. The summed E-state index contributed by atoms with van der Waals surface area (Å²) in [5.74, 6) is 11.6. The smallest absolute Gasteiger partial charge is 0.0280 e. The highest BCUT2D eigenvalue weighted by molar-refractivity contribution is 5.26. The minimum atomic E-state index is 0.786. The molecule has 0 aromatic carbocycles. The van der Waals surface area contributed by atoms with Crippen molar-refractivity contribution in [2.24, 2.45) is 0 Å². The maximum Gasteiger partial charge on any atom is 0.0280 e. The topological polar surface area (TPSA) is 0 Å². The van der Waals surface area contributed by atoms with Crippen LogP contribution >= 0.6 is 0 Å². The lowest BCUT2D eigenvalue weighted by Gasteiger charge is -1.76. The molecule has 0 radical (unpaired) electrons. The summed E-state index contributed by atoms with van der Waals surface area (Å²) in [5, 5.41) is 0. The maximum absolute atomic E-state index is 3.62. The summed E-state index contributed by atoms with van der Waals surface area (Å²) >= 11 is 0. The normalized spacial score (nSPS) is 8.38. The average Bonchev–Trinajstić information content (AvgIpc) is 2.16. The van der Waals surface area contributed by atoms with Crippen LogP contribution in [0, 0.1) is 23.7 Å². The van der Waals surface area contributed by atoms with Crippen LogP contribution in [0.4, 0.5) is 0 Å². The first-order valence-corrected chi connectivity index (χ1v) is 4.63. The van der Waals surface area contributed by atoms with Gasteiger partial charge in [0.1, 0.15) is 0 Å². The molecular formula is C13H16. The number of rotatable bonds is 4. The monoisotopic (exact) mass is 172 g/mol. The fourth-order valence-electron chi connectivity index (χ4n) is 0.662. The molecule has 0 saturated heterocycles. The Labute approximate surface area is 81.7 Å². The Kier molecular flexibility index (Phi) is 9.46. The Bertz CT molecular complexity index is 260. The van der Waals surface area contributed by atoms with Crippen LogP contribution in [0.1, 0.15) is 32.6 Å². The van der Waals surface area contributed by atoms with E-state index in [-0.39, 0.29) is 0 Å². The molecule has 0 aromatic rings. The summed E-state index contributed by atoms with van der Waals surface area (Å²) in [6, 6.07) is 0. The number of hydrogen-bond acceptors (Lipinski definition) is 0. The molecule has 0 saturated carbocycles. The summed E-state index contributed by atoms with van der Waals surface area (Å²) in [7, 11) is 0. The van der Waals surface area contributed by atoms with Gasteiger partial charge in [0.2, 0.25) is 0 Å². The van der Waals surface area contributed by atoms with E-state index < -0.39 is 0 Å². The van der Waals surface area contributed by atoms with Gasteiger partial charge in [0, 0.05) is 12.8 Å². The predicted molar refractivity (Wildman–Crippen MR) is 59.0 cm³/mol. The van der Waals surface area contributed by atoms with Crippen LogP contribution in [0.15, 0.2) is 24.8 Å². The Morgan fingerprint density at radius 2 is 1.92 bits per heavy atom. The van der Waals surface area contributed by atoms with Gasteiger partial charge in [-0.25, -0.2) is 0 Å². The van der Waals surface area contributed by atoms with Crippen molar-refractivity contribution in [2.45, 2.75) is 32.6 Å². The minimum absolute atomic E-state index is 0.786. The van der Waals surface area contributed by atoms with Crippen LogP contribution in [0.2, 0.25) is 0 Å². The largest absolute Gasteiger partial charge is 0.103 e. The van der Waals surface area contributed by atoms with Gasteiger partial charge in [-0.2, -0.15) is 0 Å². The van der Waals surface area contributed by atoms with Gasteiger partial charge in [0.05, 0.1) is 0 Å². The first-order chi connectivity index (χ1) is 6.41. The van der Waals surface area contributed by atoms with Gasteiger partial charge >= 0.3 is 0 Å². The van der Waals surface area contributed by atoms with E-state index in [1.54, 1.807) is 0 Å². The second-order valence-corrected chi connectivity index (χ2v) is 2.55. The number of allylic oxidation sites excluding steroid dienone is 3. The zero-order chi connectivity index (χ0) is 9.78. The molecular weight excluding hydrogens is 156 g/mol. The first-order valence-electron chi connectivity index (χ1n) is 4.63. The van der Waals surface area contributed by atoms with E-state index in [1.807, 2.05) is 12.2 Å². The molecule has 0 aromatic heterocycles. The lowest BCUT2D eigenvalue weighted by molar-refractivity contribution is 0.983. The minimum Gasteiger partial charge on any atom is -0.103 e. The third-order valence-corrected chi connectivity index (χ3v) is 1.30. The summed E-state index contributed by atoms with van der Waals surface area (Å²) in [5.41, 5.74) is 0. The van der Waals surface area contributed by atoms with Crippen LogP contribution in [-0.2, 0) is 0 Å². The van der Waals surface area contributed by atoms with Crippen molar-refractivity contribution >= 4 is 0 Å². The van der Waals surface area contributed by atoms with E-state index in [2.05, 4.69) is 43.3 Å². The fourth-order valence-corrected chi connectivity index (χ4v) is 0.662. The summed E-state index contributed by atoms with van der Waals surface area (Å²) in [6.45, 7) is 5.73. The van der Waals surface area contributed by atoms with Crippen LogP contribution in [-0.4, -0.2) is 0 Å². The highest BCUT2D eigenvalue weighted by Crippen LogP contribution is 1.85. The van der Waals surface area contributed by atoms with E-state index >= 15 is 0 Å². The van der Waals surface area contributed by atoms with Crippen molar-refractivity contribution < 1.29 is 0 Å². The Morgan fingerprint density at radius 1 is 1.15 bits per heavy atom. The number of hydrogen-bond donors (Lipinski definition) is 0. The lowest BCUT2D eigenvalue weighted by atomic mass is 10.3. The third-order valence-electron chi connectivity index (χ3n) is 1.30. The molecule has 0 rings (SSSR count). The molecule has 0 heteroatoms. The molecule has 0 aliphatic carbocycles. The summed E-state index contributed by atoms with van der Waals surface area (Å²) in [6.07, 6.45) is 9.72. The molecule has 0 fully saturated rings. The molecule has 0 atom stereocenters. The van der Waals surface area contributed by atoms with E-state index in [0.717, 1.165) is 25.7 Å². The molecule has 0 aliphatic heterocycles. The van der Waals surface area contributed by atoms with Crippen molar-refractivity contribution in [2.75, 3.05) is 0 Å². The quantitative estimate of drug-likeness (QED) is 0.451. The zero-order valence-corrected chi connectivity index (χ0v) is 8.27. The van der Waals surface area contributed by atoms with Gasteiger partial charge < -0.3 is 0 Å². The first kappa shape index (κ1) is 11.6. The molecule has 0 nitrogen and oxygen atoms in total. The molecule has 0 heterocycles. The van der Waals surface area contributed by atoms with Crippen molar-refractivity contribution in [1.29, 1.82) is 0 Å². The van der Waals surface area contributed by atoms with E-state index in [0.29, 0.717) is 0 Å². The molecule has 0 amide bonds. The van der Waals surface area contributed by atoms with Gasteiger partial charge in [0.15, 0.2) is 0 Å². The van der Waals surface area contributed by atoms with Gasteiger partial charge in [-0.1, -0.05) is 37.0 Å². The molecule has 0 unspecified atom stereocenters. The zero-order valence-electron chi connectivity index (χ0n) is 8.27. The highest BCUT2D eigenvalue weighted by Gasteiger charge is 1.69. The molecule has 0 aliphatic rings. The van der Waals surface area contributed by atoms with Crippen LogP contribution in [0.5, 0.6) is 0 Å². The second-order valence-electron chi connectivity index (χ2n) is 2.55. The van der Waals surface area contributed by atoms with E-state index in [1.165, 1.54) is 0 Å². The molecule has 13 heavy (non-hydrogen) atoms. The molecule has 0 spiro atoms. The molecule has 68 valence electrons. The Morgan fingerprint density at radius 3 is 2.62 bits per heavy atom. The van der Waals surface area contributed by atoms with Gasteiger partial charge in [-0.05, 0) is 24.7 Å². The third kappa shape index (κ3) is 10.6. The highest BCUT2D eigenvalue weighted by atomic mass is 13.7. The van der Waals surface area contributed by atoms with Gasteiger partial charge in [-0.3, -0.25) is 0 Å². The van der Waals surface area contributed by atoms with Crippen molar-refractivity contribution in [1.82, 2.24) is 0 Å². The van der Waals surface area contributed by atoms with Crippen LogP contribution in [0.25, 0.3) is 0 Å². The van der Waals surface area contributed by atoms with Crippen molar-refractivity contribution in [3.05, 3.63) is 24.8 Å². The summed E-state index contributed by atoms with van der Waals surface area (Å²) in [4.78, 5) is 0. The van der Waals surface area contributed by atoms with Gasteiger partial charge in [0.25, 0.3) is 0 Å². The van der Waals surface area contributed by atoms with E-state index in [9.17, 15) is 0 Å². The SMILES string of the molecule is C=CCC=CCC#CC#CCCC. The van der Waals surface area contributed by atoms with Crippen LogP contribution in [0.3, 0.4) is 0 Å². The maximum atomic E-state index is 3.62. The van der Waals surface area contributed by atoms with Crippen molar-refractivity contribution in [3.8, 4) is 23.7 Å². The van der Waals surface area contributed by atoms with Crippen LogP contribution < -0.4 is 0 Å². The summed E-state index contributed by atoms with van der Waals surface area (Å²) < 4.78 is 0. The Balaban J connectivity index is 3.51. The Hall–Kier alpha value is -1.40. The number of unbranched alkanes of at least 4 members (excludes halogenated alkanes) is 1. The average molecular weight is 172 g/mol. The fraction of sp³-hybridized carbons (Fsp3) is 0.385. The standard InChI is InChI=1S/C13H16/c1-3-5-7-9-11-13-12-10-8-6-4-2/h3,7,9H,1,4-6,11H2,2H3.